The molecule has 0 radical (unpaired) electrons. The van der Waals surface area contributed by atoms with Crippen LogP contribution < -0.4 is 9.47 Å². The second-order valence-corrected chi connectivity index (χ2v) is 13.5. The van der Waals surface area contributed by atoms with Crippen LogP contribution in [-0.2, 0) is 0 Å². The summed E-state index contributed by atoms with van der Waals surface area (Å²) in [4.78, 5) is 0. The molecule has 52 heavy (non-hydrogen) atoms. The van der Waals surface area contributed by atoms with E-state index in [1.165, 1.54) is 76.8 Å². The van der Waals surface area contributed by atoms with Crippen LogP contribution in [0, 0.1) is 0 Å². The van der Waals surface area contributed by atoms with Crippen molar-refractivity contribution < 1.29 is 9.47 Å². The molecule has 9 aromatic carbocycles. The van der Waals surface area contributed by atoms with E-state index < -0.39 is 0 Å². The van der Waals surface area contributed by atoms with Gasteiger partial charge in [-0.2, -0.15) is 0 Å². The maximum Gasteiger partial charge on any atom is 0.169 e. The van der Waals surface area contributed by atoms with Gasteiger partial charge in [0.1, 0.15) is 13.2 Å². The van der Waals surface area contributed by atoms with E-state index >= 15 is 0 Å². The van der Waals surface area contributed by atoms with E-state index in [4.69, 9.17) is 9.47 Å². The van der Waals surface area contributed by atoms with Gasteiger partial charge in [-0.15, -0.1) is 0 Å². The third-order valence-electron chi connectivity index (χ3n) is 10.4. The first-order valence-corrected chi connectivity index (χ1v) is 17.9. The zero-order chi connectivity index (χ0) is 34.4. The Morgan fingerprint density at radius 2 is 0.712 bits per heavy atom. The average Bonchev–Trinajstić information content (AvgIpc) is 3.23. The Hall–Kier alpha value is -6.64. The Bertz CT molecular complexity index is 2740. The number of para-hydroxylation sites is 1. The molecule has 246 valence electrons. The highest BCUT2D eigenvalue weighted by atomic mass is 16.6. The first-order chi connectivity index (χ1) is 25.8. The van der Waals surface area contributed by atoms with Crippen molar-refractivity contribution in [2.75, 3.05) is 13.2 Å². The van der Waals surface area contributed by atoms with Crippen molar-refractivity contribution in [3.05, 3.63) is 182 Å². The van der Waals surface area contributed by atoms with Gasteiger partial charge in [0.2, 0.25) is 0 Å². The molecule has 10 rings (SSSR count). The number of fused-ring (bicyclic) bond motifs is 7. The van der Waals surface area contributed by atoms with Gasteiger partial charge < -0.3 is 9.47 Å². The summed E-state index contributed by atoms with van der Waals surface area (Å²) in [5.74, 6) is 1.63. The highest BCUT2D eigenvalue weighted by molar-refractivity contribution is 6.25. The lowest BCUT2D eigenvalue weighted by Crippen LogP contribution is -2.15. The van der Waals surface area contributed by atoms with Gasteiger partial charge in [-0.3, -0.25) is 0 Å². The predicted octanol–water partition coefficient (Wildman–Crippen LogP) is 13.3. The Labute approximate surface area is 303 Å². The van der Waals surface area contributed by atoms with E-state index in [-0.39, 0.29) is 0 Å². The minimum atomic E-state index is 0.567. The van der Waals surface area contributed by atoms with Crippen LogP contribution in [0.25, 0.3) is 88.0 Å². The van der Waals surface area contributed by atoms with Crippen LogP contribution in [0.5, 0.6) is 11.5 Å². The standard InChI is InChI=1S/C50H34O2/c1-2-10-33(11-3-1)39-29-40(31-41(30-39)38-24-25-47-45-16-5-4-14-43(45)44-15-6-7-17-46(44)48(47)32-38)37-13-8-12-36(28-37)34-20-22-35(23-21-34)42-18-9-19-49-50(42)52-27-26-51-49/h1-25,28-32H,26-27H2. The molecule has 2 nitrogen and oxygen atoms in total. The molecule has 0 saturated carbocycles. The lowest BCUT2D eigenvalue weighted by Gasteiger charge is -2.21. The quantitative estimate of drug-likeness (QED) is 0.170. The highest BCUT2D eigenvalue weighted by Crippen LogP contribution is 2.42. The number of rotatable bonds is 5. The molecular weight excluding hydrogens is 633 g/mol. The second-order valence-electron chi connectivity index (χ2n) is 13.5. The summed E-state index contributed by atoms with van der Waals surface area (Å²) < 4.78 is 11.8. The first-order valence-electron chi connectivity index (χ1n) is 17.9. The summed E-state index contributed by atoms with van der Waals surface area (Å²) in [5.41, 5.74) is 11.7. The van der Waals surface area contributed by atoms with Crippen molar-refractivity contribution >= 4 is 32.3 Å². The maximum absolute atomic E-state index is 6.00. The zero-order valence-corrected chi connectivity index (χ0v) is 28.6. The molecule has 0 unspecified atom stereocenters. The van der Waals surface area contributed by atoms with Crippen LogP contribution in [0.15, 0.2) is 182 Å². The third-order valence-corrected chi connectivity index (χ3v) is 10.4. The molecule has 1 heterocycles. The topological polar surface area (TPSA) is 18.5 Å². The smallest absolute Gasteiger partial charge is 0.169 e. The van der Waals surface area contributed by atoms with Crippen molar-refractivity contribution in [3.8, 4) is 67.1 Å². The fraction of sp³-hybridized carbons (Fsp3) is 0.0400. The zero-order valence-electron chi connectivity index (χ0n) is 28.6. The maximum atomic E-state index is 6.00. The number of benzene rings is 9. The van der Waals surface area contributed by atoms with Crippen molar-refractivity contribution in [2.24, 2.45) is 0 Å². The molecule has 0 aliphatic carbocycles. The van der Waals surface area contributed by atoms with Crippen LogP contribution >= 0.6 is 0 Å². The highest BCUT2D eigenvalue weighted by Gasteiger charge is 2.17. The fourth-order valence-corrected chi connectivity index (χ4v) is 7.87. The van der Waals surface area contributed by atoms with E-state index in [2.05, 4.69) is 170 Å². The summed E-state index contributed by atoms with van der Waals surface area (Å²) in [6.45, 7) is 1.15. The Morgan fingerprint density at radius 3 is 1.40 bits per heavy atom. The number of hydrogen-bond acceptors (Lipinski definition) is 2. The van der Waals surface area contributed by atoms with E-state index in [0.29, 0.717) is 13.2 Å². The van der Waals surface area contributed by atoms with E-state index in [1.54, 1.807) is 0 Å². The minimum absolute atomic E-state index is 0.567. The van der Waals surface area contributed by atoms with Gasteiger partial charge in [0.25, 0.3) is 0 Å². The normalized spacial score (nSPS) is 12.4. The van der Waals surface area contributed by atoms with Gasteiger partial charge in [-0.05, 0) is 119 Å². The molecule has 0 aromatic heterocycles. The molecule has 0 saturated heterocycles. The molecule has 0 atom stereocenters. The lowest BCUT2D eigenvalue weighted by atomic mass is 9.89. The van der Waals surface area contributed by atoms with Crippen molar-refractivity contribution in [1.82, 2.24) is 0 Å². The van der Waals surface area contributed by atoms with Crippen LogP contribution in [0.4, 0.5) is 0 Å². The monoisotopic (exact) mass is 666 g/mol. The van der Waals surface area contributed by atoms with Crippen molar-refractivity contribution in [1.29, 1.82) is 0 Å². The fourth-order valence-electron chi connectivity index (χ4n) is 7.87. The average molecular weight is 667 g/mol. The van der Waals surface area contributed by atoms with E-state index in [0.717, 1.165) is 22.6 Å². The first kappa shape index (κ1) is 30.2. The van der Waals surface area contributed by atoms with Crippen LogP contribution in [0.2, 0.25) is 0 Å². The molecule has 9 aromatic rings. The summed E-state index contributed by atoms with van der Waals surface area (Å²) in [6, 6.07) is 66.0. The molecule has 1 aliphatic rings. The Balaban J connectivity index is 1.08. The van der Waals surface area contributed by atoms with E-state index in [1.807, 2.05) is 12.1 Å². The van der Waals surface area contributed by atoms with E-state index in [9.17, 15) is 0 Å². The van der Waals surface area contributed by atoms with Crippen molar-refractivity contribution in [2.45, 2.75) is 0 Å². The molecule has 0 N–H and O–H groups in total. The Morgan fingerprint density at radius 1 is 0.269 bits per heavy atom. The predicted molar refractivity (Wildman–Crippen MR) is 217 cm³/mol. The summed E-state index contributed by atoms with van der Waals surface area (Å²) in [5, 5.41) is 7.71. The summed E-state index contributed by atoms with van der Waals surface area (Å²) in [6.07, 6.45) is 0. The van der Waals surface area contributed by atoms with Gasteiger partial charge >= 0.3 is 0 Å². The molecule has 0 amide bonds. The number of ether oxygens (including phenoxy) is 2. The van der Waals surface area contributed by atoms with Gasteiger partial charge in [-0.1, -0.05) is 146 Å². The van der Waals surface area contributed by atoms with Gasteiger partial charge in [0.15, 0.2) is 11.5 Å². The largest absolute Gasteiger partial charge is 0.486 e. The van der Waals surface area contributed by atoms with Gasteiger partial charge in [0, 0.05) is 5.56 Å². The van der Waals surface area contributed by atoms with Gasteiger partial charge in [0.05, 0.1) is 0 Å². The van der Waals surface area contributed by atoms with Crippen LogP contribution in [0.3, 0.4) is 0 Å². The van der Waals surface area contributed by atoms with Gasteiger partial charge in [-0.25, -0.2) is 0 Å². The molecule has 0 bridgehead atoms. The van der Waals surface area contributed by atoms with Crippen LogP contribution in [0.1, 0.15) is 0 Å². The Kier molecular flexibility index (Phi) is 7.32. The summed E-state index contributed by atoms with van der Waals surface area (Å²) >= 11 is 0. The number of hydrogen-bond donors (Lipinski definition) is 0. The molecule has 0 fully saturated rings. The molecule has 0 spiro atoms. The molecule has 2 heteroatoms. The third kappa shape index (κ3) is 5.28. The SMILES string of the molecule is c1ccc(-c2cc(-c3cccc(-c4ccc(-c5cccc6c5OCCO6)cc4)c3)cc(-c3ccc4c5ccccc5c5ccccc5c4c3)c2)cc1. The molecular formula is C50H34O2. The molecule has 1 aliphatic heterocycles. The lowest BCUT2D eigenvalue weighted by molar-refractivity contribution is 0.172. The van der Waals surface area contributed by atoms with Crippen LogP contribution in [-0.4, -0.2) is 13.2 Å². The van der Waals surface area contributed by atoms with Crippen molar-refractivity contribution in [3.63, 3.8) is 0 Å². The minimum Gasteiger partial charge on any atom is -0.486 e. The summed E-state index contributed by atoms with van der Waals surface area (Å²) in [7, 11) is 0. The second kappa shape index (κ2) is 12.6.